The number of nitrogens with one attached hydrogen (secondary N) is 1. The summed E-state index contributed by atoms with van der Waals surface area (Å²) in [5, 5.41) is 3.04. The van der Waals surface area contributed by atoms with Gasteiger partial charge in [-0.2, -0.15) is 0 Å². The molecule has 0 aliphatic carbocycles. The molecule has 0 saturated carbocycles. The molecule has 0 spiro atoms. The molecule has 0 aromatic rings. The molecule has 0 aromatic carbocycles. The zero-order valence-electron chi connectivity index (χ0n) is 11.8. The SMILES string of the molecule is CCCCCS(=O)(=O)C(C)CNC(C)CCC. The summed E-state index contributed by atoms with van der Waals surface area (Å²) in [5.41, 5.74) is 0. The third kappa shape index (κ3) is 7.77. The standard InChI is InChI=1S/C13H29NO2S/c1-5-7-8-10-17(15,16)13(4)11-14-12(3)9-6-2/h12-14H,5-11H2,1-4H3. The molecule has 0 fully saturated rings. The van der Waals surface area contributed by atoms with Gasteiger partial charge in [-0.1, -0.05) is 33.1 Å². The summed E-state index contributed by atoms with van der Waals surface area (Å²) in [5.74, 6) is 0.339. The first kappa shape index (κ1) is 16.9. The van der Waals surface area contributed by atoms with Crippen molar-refractivity contribution in [2.75, 3.05) is 12.3 Å². The second-order valence-electron chi connectivity index (χ2n) is 4.98. The van der Waals surface area contributed by atoms with Gasteiger partial charge < -0.3 is 5.32 Å². The molecule has 0 bridgehead atoms. The Labute approximate surface area is 107 Å². The van der Waals surface area contributed by atoms with Crippen molar-refractivity contribution in [3.8, 4) is 0 Å². The van der Waals surface area contributed by atoms with E-state index in [1.807, 2.05) is 6.92 Å². The van der Waals surface area contributed by atoms with E-state index in [9.17, 15) is 8.42 Å². The molecule has 4 heteroatoms. The van der Waals surface area contributed by atoms with Crippen LogP contribution < -0.4 is 5.32 Å². The Morgan fingerprint density at radius 1 is 1.06 bits per heavy atom. The predicted octanol–water partition coefficient (Wildman–Crippen LogP) is 2.76. The summed E-state index contributed by atoms with van der Waals surface area (Å²) in [6.07, 6.45) is 5.10. The summed E-state index contributed by atoms with van der Waals surface area (Å²) in [6.45, 7) is 8.73. The molecule has 0 saturated heterocycles. The summed E-state index contributed by atoms with van der Waals surface area (Å²) < 4.78 is 23.9. The van der Waals surface area contributed by atoms with E-state index < -0.39 is 9.84 Å². The summed E-state index contributed by atoms with van der Waals surface area (Å²) >= 11 is 0. The van der Waals surface area contributed by atoms with Crippen molar-refractivity contribution in [1.82, 2.24) is 5.32 Å². The second-order valence-corrected chi connectivity index (χ2v) is 7.52. The predicted molar refractivity (Wildman–Crippen MR) is 75.1 cm³/mol. The largest absolute Gasteiger partial charge is 0.313 e. The van der Waals surface area contributed by atoms with Gasteiger partial charge in [0.1, 0.15) is 0 Å². The number of rotatable bonds is 10. The van der Waals surface area contributed by atoms with Crippen molar-refractivity contribution in [2.24, 2.45) is 0 Å². The van der Waals surface area contributed by atoms with Gasteiger partial charge in [0.2, 0.25) is 0 Å². The summed E-state index contributed by atoms with van der Waals surface area (Å²) in [7, 11) is -2.91. The number of unbranched alkanes of at least 4 members (excludes halogenated alkanes) is 2. The van der Waals surface area contributed by atoms with Crippen LogP contribution in [0.2, 0.25) is 0 Å². The van der Waals surface area contributed by atoms with Crippen molar-refractivity contribution >= 4 is 9.84 Å². The van der Waals surface area contributed by atoms with E-state index in [0.717, 1.165) is 32.1 Å². The van der Waals surface area contributed by atoms with Crippen molar-refractivity contribution in [2.45, 2.75) is 71.1 Å². The van der Waals surface area contributed by atoms with Crippen LogP contribution in [0, 0.1) is 0 Å². The van der Waals surface area contributed by atoms with E-state index in [1.165, 1.54) is 0 Å². The van der Waals surface area contributed by atoms with Gasteiger partial charge in [0, 0.05) is 12.6 Å². The maximum Gasteiger partial charge on any atom is 0.154 e. The van der Waals surface area contributed by atoms with E-state index in [-0.39, 0.29) is 5.25 Å². The van der Waals surface area contributed by atoms with Crippen LogP contribution in [-0.2, 0) is 9.84 Å². The van der Waals surface area contributed by atoms with Gasteiger partial charge in [-0.25, -0.2) is 8.42 Å². The van der Waals surface area contributed by atoms with Crippen LogP contribution in [0.1, 0.15) is 59.8 Å². The Morgan fingerprint density at radius 3 is 2.24 bits per heavy atom. The fourth-order valence-corrected chi connectivity index (χ4v) is 3.14. The molecule has 0 aliphatic heterocycles. The first-order valence-electron chi connectivity index (χ1n) is 6.89. The molecular weight excluding hydrogens is 234 g/mol. The molecule has 3 nitrogen and oxygen atoms in total. The quantitative estimate of drug-likeness (QED) is 0.616. The summed E-state index contributed by atoms with van der Waals surface area (Å²) in [4.78, 5) is 0. The van der Waals surface area contributed by atoms with Crippen LogP contribution in [-0.4, -0.2) is 32.0 Å². The Balaban J connectivity index is 3.98. The minimum atomic E-state index is -2.91. The number of sulfone groups is 1. The fourth-order valence-electron chi connectivity index (χ4n) is 1.78. The van der Waals surface area contributed by atoms with Gasteiger partial charge in [-0.3, -0.25) is 0 Å². The van der Waals surface area contributed by atoms with Crippen molar-refractivity contribution in [3.05, 3.63) is 0 Å². The lowest BCUT2D eigenvalue weighted by Crippen LogP contribution is -2.37. The Morgan fingerprint density at radius 2 is 1.71 bits per heavy atom. The molecular formula is C13H29NO2S. The van der Waals surface area contributed by atoms with Gasteiger partial charge in [0.25, 0.3) is 0 Å². The summed E-state index contributed by atoms with van der Waals surface area (Å²) in [6, 6.07) is 0.410. The van der Waals surface area contributed by atoms with E-state index in [0.29, 0.717) is 18.3 Å². The fraction of sp³-hybridized carbons (Fsp3) is 1.00. The highest BCUT2D eigenvalue weighted by Crippen LogP contribution is 2.06. The van der Waals surface area contributed by atoms with Gasteiger partial charge in [-0.15, -0.1) is 0 Å². The molecule has 0 rings (SSSR count). The number of hydrogen-bond acceptors (Lipinski definition) is 3. The topological polar surface area (TPSA) is 46.2 Å². The van der Waals surface area contributed by atoms with Gasteiger partial charge in [0.05, 0.1) is 11.0 Å². The molecule has 0 aromatic heterocycles. The zero-order valence-corrected chi connectivity index (χ0v) is 12.6. The molecule has 104 valence electrons. The normalized spacial score (nSPS) is 15.8. The van der Waals surface area contributed by atoms with Crippen LogP contribution >= 0.6 is 0 Å². The van der Waals surface area contributed by atoms with Crippen molar-refractivity contribution < 1.29 is 8.42 Å². The van der Waals surface area contributed by atoms with Crippen LogP contribution in [0.3, 0.4) is 0 Å². The van der Waals surface area contributed by atoms with Gasteiger partial charge in [-0.05, 0) is 26.7 Å². The monoisotopic (exact) mass is 263 g/mol. The Kier molecular flexibility index (Phi) is 8.88. The molecule has 2 atom stereocenters. The first-order chi connectivity index (χ1) is 7.94. The van der Waals surface area contributed by atoms with E-state index in [4.69, 9.17) is 0 Å². The average molecular weight is 263 g/mol. The smallest absolute Gasteiger partial charge is 0.154 e. The highest BCUT2D eigenvalue weighted by molar-refractivity contribution is 7.92. The lowest BCUT2D eigenvalue weighted by Gasteiger charge is -2.17. The molecule has 0 radical (unpaired) electrons. The second kappa shape index (κ2) is 8.92. The Hall–Kier alpha value is -0.0900. The molecule has 1 N–H and O–H groups in total. The van der Waals surface area contributed by atoms with E-state index in [2.05, 4.69) is 26.1 Å². The zero-order chi connectivity index (χ0) is 13.3. The van der Waals surface area contributed by atoms with Crippen LogP contribution in [0.5, 0.6) is 0 Å². The van der Waals surface area contributed by atoms with Gasteiger partial charge >= 0.3 is 0 Å². The number of hydrogen-bond donors (Lipinski definition) is 1. The lowest BCUT2D eigenvalue weighted by atomic mass is 10.2. The maximum absolute atomic E-state index is 11.9. The van der Waals surface area contributed by atoms with Crippen molar-refractivity contribution in [1.29, 1.82) is 0 Å². The third-order valence-electron chi connectivity index (χ3n) is 3.12. The minimum absolute atomic E-state index is 0.265. The lowest BCUT2D eigenvalue weighted by molar-refractivity contribution is 0.500. The molecule has 0 aliphatic rings. The molecule has 17 heavy (non-hydrogen) atoms. The van der Waals surface area contributed by atoms with Crippen molar-refractivity contribution in [3.63, 3.8) is 0 Å². The maximum atomic E-state index is 11.9. The highest BCUT2D eigenvalue weighted by atomic mass is 32.2. The molecule has 2 unspecified atom stereocenters. The molecule has 0 amide bonds. The Bertz CT molecular complexity index is 275. The van der Waals surface area contributed by atoms with E-state index in [1.54, 1.807) is 0 Å². The minimum Gasteiger partial charge on any atom is -0.313 e. The molecule has 0 heterocycles. The van der Waals surface area contributed by atoms with Crippen LogP contribution in [0.25, 0.3) is 0 Å². The first-order valence-corrected chi connectivity index (χ1v) is 8.60. The van der Waals surface area contributed by atoms with Crippen LogP contribution in [0.15, 0.2) is 0 Å². The average Bonchev–Trinajstić information content (AvgIpc) is 2.26. The van der Waals surface area contributed by atoms with Gasteiger partial charge in [0.15, 0.2) is 9.84 Å². The highest BCUT2D eigenvalue weighted by Gasteiger charge is 2.20. The third-order valence-corrected chi connectivity index (χ3v) is 5.37. The van der Waals surface area contributed by atoms with E-state index >= 15 is 0 Å². The van der Waals surface area contributed by atoms with Crippen LogP contribution in [0.4, 0.5) is 0 Å².